The summed E-state index contributed by atoms with van der Waals surface area (Å²) >= 11 is 6.10. The second kappa shape index (κ2) is 8.66. The van der Waals surface area contributed by atoms with E-state index < -0.39 is 10.0 Å². The first kappa shape index (κ1) is 20.4. The van der Waals surface area contributed by atoms with Crippen molar-refractivity contribution in [3.8, 4) is 0 Å². The van der Waals surface area contributed by atoms with E-state index >= 15 is 0 Å². The van der Waals surface area contributed by atoms with Crippen LogP contribution in [0.25, 0.3) is 0 Å². The summed E-state index contributed by atoms with van der Waals surface area (Å²) in [7, 11) is -3.74. The first-order valence-corrected chi connectivity index (χ1v) is 10.3. The van der Waals surface area contributed by atoms with Crippen molar-refractivity contribution in [2.24, 2.45) is 0 Å². The van der Waals surface area contributed by atoms with Gasteiger partial charge in [-0.2, -0.15) is 4.31 Å². The maximum absolute atomic E-state index is 12.7. The summed E-state index contributed by atoms with van der Waals surface area (Å²) in [4.78, 5) is 12.4. The van der Waals surface area contributed by atoms with E-state index in [1.165, 1.54) is 22.5 Å². The van der Waals surface area contributed by atoms with Crippen molar-refractivity contribution in [3.63, 3.8) is 0 Å². The van der Waals surface area contributed by atoms with Crippen molar-refractivity contribution in [3.05, 3.63) is 64.2 Å². The van der Waals surface area contributed by atoms with Gasteiger partial charge < -0.3 is 5.32 Å². The first-order valence-electron chi connectivity index (χ1n) is 8.43. The van der Waals surface area contributed by atoms with E-state index in [1.807, 2.05) is 31.2 Å². The molecule has 26 heavy (non-hydrogen) atoms. The summed E-state index contributed by atoms with van der Waals surface area (Å²) < 4.78 is 26.8. The number of sulfonamides is 1. The van der Waals surface area contributed by atoms with Gasteiger partial charge in [0.05, 0.1) is 5.02 Å². The van der Waals surface area contributed by atoms with Crippen molar-refractivity contribution >= 4 is 27.5 Å². The van der Waals surface area contributed by atoms with Gasteiger partial charge >= 0.3 is 0 Å². The van der Waals surface area contributed by atoms with Crippen LogP contribution in [0.1, 0.15) is 35.3 Å². The summed E-state index contributed by atoms with van der Waals surface area (Å²) in [6, 6.07) is 12.1. The lowest BCUT2D eigenvalue weighted by molar-refractivity contribution is 0.0950. The fourth-order valence-electron chi connectivity index (χ4n) is 2.63. The van der Waals surface area contributed by atoms with E-state index in [0.29, 0.717) is 19.6 Å². The van der Waals surface area contributed by atoms with E-state index in [-0.39, 0.29) is 21.4 Å². The van der Waals surface area contributed by atoms with Gasteiger partial charge in [-0.15, -0.1) is 0 Å². The van der Waals surface area contributed by atoms with Gasteiger partial charge in [0.2, 0.25) is 10.0 Å². The van der Waals surface area contributed by atoms with Crippen LogP contribution in [0, 0.1) is 6.92 Å². The normalized spacial score (nSPS) is 11.6. The third-order valence-electron chi connectivity index (χ3n) is 4.22. The molecule has 0 spiro atoms. The standard InChI is InChI=1S/C19H23ClN2O3S/c1-4-22(5-2)26(24,25)18-12-15(10-11-17(18)20)19(23)21-13-16-9-7-6-8-14(16)3/h6-12H,4-5,13H2,1-3H3,(H,21,23). The Bertz CT molecular complexity index is 893. The average Bonchev–Trinajstić information content (AvgIpc) is 2.61. The van der Waals surface area contributed by atoms with Gasteiger partial charge in [0.25, 0.3) is 5.91 Å². The van der Waals surface area contributed by atoms with Crippen LogP contribution in [0.2, 0.25) is 5.02 Å². The van der Waals surface area contributed by atoms with Crippen LogP contribution < -0.4 is 5.32 Å². The molecule has 1 amide bonds. The van der Waals surface area contributed by atoms with Gasteiger partial charge in [0, 0.05) is 25.2 Å². The second-order valence-corrected chi connectivity index (χ2v) is 8.16. The van der Waals surface area contributed by atoms with Crippen molar-refractivity contribution in [2.75, 3.05) is 13.1 Å². The molecule has 0 fully saturated rings. The minimum Gasteiger partial charge on any atom is -0.348 e. The quantitative estimate of drug-likeness (QED) is 0.780. The number of halogens is 1. The molecule has 7 heteroatoms. The summed E-state index contributed by atoms with van der Waals surface area (Å²) in [5.41, 5.74) is 2.34. The predicted molar refractivity (Wildman–Crippen MR) is 104 cm³/mol. The average molecular weight is 395 g/mol. The molecular formula is C19H23ClN2O3S. The van der Waals surface area contributed by atoms with Gasteiger partial charge in [-0.1, -0.05) is 49.7 Å². The largest absolute Gasteiger partial charge is 0.348 e. The van der Waals surface area contributed by atoms with Crippen LogP contribution in [-0.4, -0.2) is 31.7 Å². The van der Waals surface area contributed by atoms with Crippen molar-refractivity contribution in [2.45, 2.75) is 32.2 Å². The number of hydrogen-bond donors (Lipinski definition) is 1. The Morgan fingerprint density at radius 3 is 2.38 bits per heavy atom. The van der Waals surface area contributed by atoms with Crippen LogP contribution in [-0.2, 0) is 16.6 Å². The Labute approximate surface area is 160 Å². The third kappa shape index (κ3) is 4.44. The summed E-state index contributed by atoms with van der Waals surface area (Å²) in [5, 5.41) is 2.92. The predicted octanol–water partition coefficient (Wildman–Crippen LogP) is 3.61. The molecule has 0 atom stereocenters. The number of carbonyl (C=O) groups is 1. The topological polar surface area (TPSA) is 66.5 Å². The van der Waals surface area contributed by atoms with Crippen LogP contribution in [0.3, 0.4) is 0 Å². The van der Waals surface area contributed by atoms with Crippen LogP contribution in [0.15, 0.2) is 47.4 Å². The Morgan fingerprint density at radius 2 is 1.77 bits per heavy atom. The van der Waals surface area contributed by atoms with E-state index in [9.17, 15) is 13.2 Å². The van der Waals surface area contributed by atoms with Gasteiger partial charge in [-0.25, -0.2) is 8.42 Å². The Balaban J connectivity index is 2.26. The molecule has 0 saturated heterocycles. The molecule has 140 valence electrons. The number of carbonyl (C=O) groups excluding carboxylic acids is 1. The fourth-order valence-corrected chi connectivity index (χ4v) is 4.59. The van der Waals surface area contributed by atoms with E-state index in [0.717, 1.165) is 11.1 Å². The molecule has 0 aliphatic rings. The number of rotatable bonds is 7. The number of aryl methyl sites for hydroxylation is 1. The fraction of sp³-hybridized carbons (Fsp3) is 0.316. The zero-order valence-corrected chi connectivity index (χ0v) is 16.7. The molecular weight excluding hydrogens is 372 g/mol. The van der Waals surface area contributed by atoms with E-state index in [2.05, 4.69) is 5.32 Å². The minimum atomic E-state index is -3.74. The van der Waals surface area contributed by atoms with E-state index in [4.69, 9.17) is 11.6 Å². The lowest BCUT2D eigenvalue weighted by Gasteiger charge is -2.19. The number of hydrogen-bond acceptors (Lipinski definition) is 3. The van der Waals surface area contributed by atoms with Gasteiger partial charge in [0.1, 0.15) is 4.90 Å². The van der Waals surface area contributed by atoms with Crippen LogP contribution >= 0.6 is 11.6 Å². The molecule has 2 aromatic rings. The molecule has 0 heterocycles. The molecule has 0 aliphatic carbocycles. The van der Waals surface area contributed by atoms with Crippen molar-refractivity contribution in [1.82, 2.24) is 9.62 Å². The number of benzene rings is 2. The molecule has 0 aromatic heterocycles. The summed E-state index contributed by atoms with van der Waals surface area (Å²) in [5.74, 6) is -0.346. The third-order valence-corrected chi connectivity index (χ3v) is 6.75. The van der Waals surface area contributed by atoms with E-state index in [1.54, 1.807) is 13.8 Å². The lowest BCUT2D eigenvalue weighted by Crippen LogP contribution is -2.31. The molecule has 0 unspecified atom stereocenters. The zero-order chi connectivity index (χ0) is 19.3. The molecule has 0 radical (unpaired) electrons. The van der Waals surface area contributed by atoms with Crippen molar-refractivity contribution in [1.29, 1.82) is 0 Å². The number of nitrogens with one attached hydrogen (secondary N) is 1. The van der Waals surface area contributed by atoms with Gasteiger partial charge in [-0.3, -0.25) is 4.79 Å². The zero-order valence-electron chi connectivity index (χ0n) is 15.1. The summed E-state index contributed by atoms with van der Waals surface area (Å²) in [6.45, 7) is 6.52. The molecule has 0 aliphatic heterocycles. The maximum atomic E-state index is 12.7. The maximum Gasteiger partial charge on any atom is 0.251 e. The highest BCUT2D eigenvalue weighted by atomic mass is 35.5. The SMILES string of the molecule is CCN(CC)S(=O)(=O)c1cc(C(=O)NCc2ccccc2C)ccc1Cl. The molecule has 2 aromatic carbocycles. The minimum absolute atomic E-state index is 0.0496. The number of nitrogens with zero attached hydrogens (tertiary/aromatic N) is 1. The smallest absolute Gasteiger partial charge is 0.251 e. The highest BCUT2D eigenvalue weighted by Gasteiger charge is 2.25. The monoisotopic (exact) mass is 394 g/mol. The number of amides is 1. The highest BCUT2D eigenvalue weighted by molar-refractivity contribution is 7.89. The molecule has 2 rings (SSSR count). The molecule has 5 nitrogen and oxygen atoms in total. The van der Waals surface area contributed by atoms with Crippen LogP contribution in [0.4, 0.5) is 0 Å². The van der Waals surface area contributed by atoms with Gasteiger partial charge in [-0.05, 0) is 36.2 Å². The second-order valence-electron chi connectivity index (χ2n) is 5.84. The Morgan fingerprint density at radius 1 is 1.12 bits per heavy atom. The first-order chi connectivity index (χ1) is 12.3. The lowest BCUT2D eigenvalue weighted by atomic mass is 10.1. The Kier molecular flexibility index (Phi) is 6.81. The van der Waals surface area contributed by atoms with Crippen molar-refractivity contribution < 1.29 is 13.2 Å². The summed E-state index contributed by atoms with van der Waals surface area (Å²) in [6.07, 6.45) is 0. The van der Waals surface area contributed by atoms with Gasteiger partial charge in [0.15, 0.2) is 0 Å². The molecule has 0 bridgehead atoms. The molecule has 1 N–H and O–H groups in total. The highest BCUT2D eigenvalue weighted by Crippen LogP contribution is 2.26. The molecule has 0 saturated carbocycles. The van der Waals surface area contributed by atoms with Crippen LogP contribution in [0.5, 0.6) is 0 Å². The Hall–Kier alpha value is -1.89.